The van der Waals surface area contributed by atoms with E-state index in [9.17, 15) is 39.8 Å². The molecule has 0 aromatic rings. The third kappa shape index (κ3) is 8.76. The zero-order valence-corrected chi connectivity index (χ0v) is 28.3. The Labute approximate surface area is 278 Å². The summed E-state index contributed by atoms with van der Waals surface area (Å²) < 4.78 is 99.5. The Bertz CT molecular complexity index is 1450. The van der Waals surface area contributed by atoms with Gasteiger partial charge in [0.25, 0.3) is 20.2 Å². The zero-order chi connectivity index (χ0) is 34.1. The van der Waals surface area contributed by atoms with Crippen LogP contribution < -0.4 is 5.73 Å². The van der Waals surface area contributed by atoms with E-state index in [4.69, 9.17) is 26.2 Å². The summed E-state index contributed by atoms with van der Waals surface area (Å²) in [7, 11) is -8.76. The average Bonchev–Trinajstić information content (AvgIpc) is 2.99. The van der Waals surface area contributed by atoms with E-state index < -0.39 is 84.3 Å². The van der Waals surface area contributed by atoms with Crippen LogP contribution in [0, 0.1) is 36.2 Å². The molecular formula is C28H45N5O11S3. The smallest absolute Gasteiger partial charge is 0.302 e. The first-order valence-electron chi connectivity index (χ1n) is 16.2. The largest absolute Gasteiger partial charge is 0.443 e. The fourth-order valence-electron chi connectivity index (χ4n) is 8.75. The van der Waals surface area contributed by atoms with Gasteiger partial charge in [0, 0.05) is 6.04 Å². The third-order valence-corrected chi connectivity index (χ3v) is 14.1. The number of terminal acetylenes is 1. The number of aliphatic hydroxyl groups excluding tert-OH is 1. The van der Waals surface area contributed by atoms with Crippen molar-refractivity contribution in [1.29, 1.82) is 0 Å². The summed E-state index contributed by atoms with van der Waals surface area (Å²) in [5, 5.41) is 27.6. The Hall–Kier alpha value is -1.63. The summed E-state index contributed by atoms with van der Waals surface area (Å²) in [5.74, 6) is -1.37. The van der Waals surface area contributed by atoms with E-state index in [1.54, 1.807) is 0 Å². The monoisotopic (exact) mass is 723 g/mol. The van der Waals surface area contributed by atoms with Crippen LogP contribution in [0.2, 0.25) is 0 Å². The van der Waals surface area contributed by atoms with E-state index in [1.807, 2.05) is 0 Å². The summed E-state index contributed by atoms with van der Waals surface area (Å²) in [6.07, 6.45) is 10.5. The fourth-order valence-corrected chi connectivity index (χ4v) is 11.1. The van der Waals surface area contributed by atoms with Crippen molar-refractivity contribution in [2.75, 3.05) is 0 Å². The minimum absolute atomic E-state index is 0.0201. The lowest BCUT2D eigenvalue weighted by molar-refractivity contribution is -0.0580. The van der Waals surface area contributed by atoms with Gasteiger partial charge in [0.15, 0.2) is 0 Å². The number of nitrogens with zero attached hydrogens (tertiary/aromatic N) is 4. The van der Waals surface area contributed by atoms with Crippen LogP contribution in [0.15, 0.2) is 20.5 Å². The van der Waals surface area contributed by atoms with Gasteiger partial charge < -0.3 is 15.6 Å². The molecule has 13 atom stereocenters. The molecular weight excluding hydrogens is 679 g/mol. The normalized spacial score (nSPS) is 43.9. The molecule has 0 aromatic carbocycles. The van der Waals surface area contributed by atoms with Crippen LogP contribution in [0.1, 0.15) is 77.0 Å². The van der Waals surface area contributed by atoms with Crippen molar-refractivity contribution in [3.63, 3.8) is 0 Å². The molecule has 0 aliphatic heterocycles. The number of rotatable bonds is 9. The molecule has 5 saturated carbocycles. The summed E-state index contributed by atoms with van der Waals surface area (Å²) in [6.45, 7) is 0. The van der Waals surface area contributed by atoms with E-state index in [0.717, 1.165) is 25.7 Å². The molecule has 5 aliphatic rings. The van der Waals surface area contributed by atoms with Crippen LogP contribution in [0.3, 0.4) is 0 Å². The maximum atomic E-state index is 12.2. The van der Waals surface area contributed by atoms with Gasteiger partial charge in [0.05, 0.1) is 29.5 Å². The molecule has 13 unspecified atom stereocenters. The predicted molar refractivity (Wildman–Crippen MR) is 168 cm³/mol. The van der Waals surface area contributed by atoms with Crippen LogP contribution >= 0.6 is 0 Å². The molecule has 0 bridgehead atoms. The number of hydrogen-bond donors (Lipinski definition) is 5. The first-order valence-corrected chi connectivity index (χ1v) is 20.2. The Morgan fingerprint density at radius 2 is 1.45 bits per heavy atom. The number of nitrogens with two attached hydrogens (primary N) is 1. The van der Waals surface area contributed by atoms with E-state index in [2.05, 4.69) is 21.4 Å². The van der Waals surface area contributed by atoms with E-state index in [0.29, 0.717) is 19.3 Å². The minimum atomic E-state index is -4.45. The van der Waals surface area contributed by atoms with Crippen molar-refractivity contribution in [2.45, 2.75) is 136 Å². The SMILES string of the molecule is C#COC1CCC(N=NC2CCC(N=NC3C(OS(=O)O)CC4CC(S(=O)(=O)O)C(N)CC4C3O)C3CC(S(=O)(=O)O)CCC23)CC1. The second-order valence-electron chi connectivity index (χ2n) is 13.8. The van der Waals surface area contributed by atoms with Crippen molar-refractivity contribution < 1.29 is 48.7 Å². The van der Waals surface area contributed by atoms with Gasteiger partial charge in [-0.3, -0.25) is 17.8 Å². The summed E-state index contributed by atoms with van der Waals surface area (Å²) in [4.78, 5) is 0. The Morgan fingerprint density at radius 3 is 2.06 bits per heavy atom. The maximum Gasteiger partial charge on any atom is 0.302 e. The van der Waals surface area contributed by atoms with E-state index in [1.165, 1.54) is 0 Å². The number of hydrogen-bond acceptors (Lipinski definition) is 13. The van der Waals surface area contributed by atoms with Gasteiger partial charge in [0.1, 0.15) is 29.6 Å². The van der Waals surface area contributed by atoms with Gasteiger partial charge in [-0.05, 0) is 101 Å². The standard InChI is InChI=1S/C28H45N5O11S3/c1-2-43-17-5-3-16(4-6-17)30-31-23-9-10-24(21-13-18(46(37,38)39)7-8-19(21)23)32-33-27-25(44-45(35)36)11-15-12-26(47(40,41)42)22(29)14-20(15)28(27)34/h1,15-28,34H,3-14,29H2,(H,35,36)(H,37,38,39)(H,40,41,42). The van der Waals surface area contributed by atoms with Crippen molar-refractivity contribution in [2.24, 2.45) is 49.9 Å². The molecule has 5 fully saturated rings. The number of azo groups is 2. The molecule has 16 nitrogen and oxygen atoms in total. The fraction of sp³-hybridized carbons (Fsp3) is 0.929. The molecule has 0 aromatic heterocycles. The van der Waals surface area contributed by atoms with Crippen LogP contribution in [-0.2, 0) is 40.5 Å². The Kier molecular flexibility index (Phi) is 11.8. The van der Waals surface area contributed by atoms with Gasteiger partial charge in [-0.1, -0.05) is 6.42 Å². The molecule has 0 radical (unpaired) electrons. The van der Waals surface area contributed by atoms with Gasteiger partial charge in [-0.2, -0.15) is 41.5 Å². The van der Waals surface area contributed by atoms with Crippen LogP contribution in [0.4, 0.5) is 0 Å². The molecule has 19 heteroatoms. The highest BCUT2D eigenvalue weighted by Gasteiger charge is 2.52. The number of aliphatic hydroxyl groups is 1. The highest BCUT2D eigenvalue weighted by Crippen LogP contribution is 2.47. The summed E-state index contributed by atoms with van der Waals surface area (Å²) in [5.41, 5.74) is 6.09. The number of fused-ring (bicyclic) bond motifs is 2. The lowest BCUT2D eigenvalue weighted by atomic mass is 9.65. The highest BCUT2D eigenvalue weighted by atomic mass is 32.2. The Balaban J connectivity index is 1.33. The lowest BCUT2D eigenvalue weighted by Crippen LogP contribution is -2.58. The van der Waals surface area contributed by atoms with Crippen LogP contribution in [0.25, 0.3) is 0 Å². The topological polar surface area (TPSA) is 260 Å². The molecule has 5 aliphatic carbocycles. The molecule has 6 N–H and O–H groups in total. The van der Waals surface area contributed by atoms with E-state index in [-0.39, 0.29) is 62.1 Å². The van der Waals surface area contributed by atoms with Crippen molar-refractivity contribution >= 4 is 31.6 Å². The molecule has 0 amide bonds. The molecule has 0 saturated heterocycles. The summed E-state index contributed by atoms with van der Waals surface area (Å²) >= 11 is -2.72. The molecule has 47 heavy (non-hydrogen) atoms. The maximum absolute atomic E-state index is 12.2. The zero-order valence-electron chi connectivity index (χ0n) is 25.9. The Morgan fingerprint density at radius 1 is 0.787 bits per heavy atom. The van der Waals surface area contributed by atoms with E-state index >= 15 is 0 Å². The second kappa shape index (κ2) is 15.1. The molecule has 0 heterocycles. The highest BCUT2D eigenvalue weighted by molar-refractivity contribution is 7.86. The molecule has 266 valence electrons. The van der Waals surface area contributed by atoms with Gasteiger partial charge in [-0.25, -0.2) is 0 Å². The first kappa shape index (κ1) is 36.6. The molecule has 5 rings (SSSR count). The van der Waals surface area contributed by atoms with Crippen LogP contribution in [-0.4, -0.2) is 98.8 Å². The minimum Gasteiger partial charge on any atom is -0.443 e. The van der Waals surface area contributed by atoms with Crippen molar-refractivity contribution in [3.05, 3.63) is 0 Å². The van der Waals surface area contributed by atoms with Gasteiger partial charge in [-0.15, -0.1) is 0 Å². The van der Waals surface area contributed by atoms with Gasteiger partial charge >= 0.3 is 11.4 Å². The second-order valence-corrected chi connectivity index (χ2v) is 17.8. The quantitative estimate of drug-likeness (QED) is 0.0993. The predicted octanol–water partition coefficient (Wildman–Crippen LogP) is 2.28. The van der Waals surface area contributed by atoms with Crippen molar-refractivity contribution in [1.82, 2.24) is 0 Å². The van der Waals surface area contributed by atoms with Gasteiger partial charge in [0.2, 0.25) is 0 Å². The summed E-state index contributed by atoms with van der Waals surface area (Å²) in [6, 6.07) is -2.60. The molecule has 0 spiro atoms. The third-order valence-electron chi connectivity index (χ3n) is 11.1. The van der Waals surface area contributed by atoms with Crippen molar-refractivity contribution in [3.8, 4) is 12.5 Å². The lowest BCUT2D eigenvalue weighted by Gasteiger charge is -2.48. The first-order chi connectivity index (χ1) is 22.2. The average molecular weight is 724 g/mol. The van der Waals surface area contributed by atoms with Crippen LogP contribution in [0.5, 0.6) is 0 Å². The number of ether oxygens (including phenoxy) is 1.